The zero-order valence-electron chi connectivity index (χ0n) is 11.7. The van der Waals surface area contributed by atoms with Crippen molar-refractivity contribution in [2.45, 2.75) is 13.8 Å². The summed E-state index contributed by atoms with van der Waals surface area (Å²) in [5.74, 6) is 0.707. The van der Waals surface area contributed by atoms with Gasteiger partial charge < -0.3 is 4.74 Å². The summed E-state index contributed by atoms with van der Waals surface area (Å²) < 4.78 is 5.75. The van der Waals surface area contributed by atoms with Gasteiger partial charge in [0.2, 0.25) is 5.88 Å². The molecule has 0 bridgehead atoms. The molecule has 22 heavy (non-hydrogen) atoms. The Hall–Kier alpha value is -2.25. The maximum absolute atomic E-state index is 10.7. The Balaban J connectivity index is 2.05. The number of nitro benzene ring substituents is 1. The number of nitro groups is 1. The first kappa shape index (κ1) is 14.7. The molecule has 2 aromatic heterocycles. The second kappa shape index (κ2) is 5.51. The van der Waals surface area contributed by atoms with Crippen LogP contribution in [0.5, 0.6) is 11.6 Å². The number of fused-ring (bicyclic) bond motifs is 1. The van der Waals surface area contributed by atoms with Crippen LogP contribution < -0.4 is 4.74 Å². The number of ether oxygens (including phenoxy) is 1. The molecule has 0 fully saturated rings. The Kier molecular flexibility index (Phi) is 3.67. The van der Waals surface area contributed by atoms with Crippen molar-refractivity contribution in [1.82, 2.24) is 9.97 Å². The minimum atomic E-state index is -0.509. The molecule has 112 valence electrons. The molecule has 0 unspecified atom stereocenters. The van der Waals surface area contributed by atoms with Crippen LogP contribution >= 0.6 is 22.9 Å². The summed E-state index contributed by atoms with van der Waals surface area (Å²) in [6.45, 7) is 3.98. The Morgan fingerprint density at radius 3 is 2.77 bits per heavy atom. The monoisotopic (exact) mass is 335 g/mol. The third-order valence-corrected chi connectivity index (χ3v) is 4.67. The van der Waals surface area contributed by atoms with E-state index in [9.17, 15) is 10.1 Å². The molecule has 0 saturated carbocycles. The highest BCUT2D eigenvalue weighted by molar-refractivity contribution is 7.18. The van der Waals surface area contributed by atoms with Crippen LogP contribution in [-0.2, 0) is 0 Å². The molecule has 3 rings (SSSR count). The zero-order chi connectivity index (χ0) is 15.9. The molecule has 0 atom stereocenters. The van der Waals surface area contributed by atoms with Crippen LogP contribution in [0.3, 0.4) is 0 Å². The summed E-state index contributed by atoms with van der Waals surface area (Å²) in [6, 6.07) is 4.05. The van der Waals surface area contributed by atoms with Crippen molar-refractivity contribution in [2.75, 3.05) is 0 Å². The Bertz CT molecular complexity index is 894. The van der Waals surface area contributed by atoms with Crippen molar-refractivity contribution in [3.8, 4) is 11.6 Å². The quantitative estimate of drug-likeness (QED) is 0.513. The fraction of sp³-hybridized carbons (Fsp3) is 0.143. The molecular weight excluding hydrogens is 326 g/mol. The molecule has 0 aliphatic carbocycles. The van der Waals surface area contributed by atoms with E-state index in [1.165, 1.54) is 24.5 Å². The highest BCUT2D eigenvalue weighted by Crippen LogP contribution is 2.38. The van der Waals surface area contributed by atoms with Crippen molar-refractivity contribution in [3.05, 3.63) is 50.1 Å². The third-order valence-electron chi connectivity index (χ3n) is 3.26. The SMILES string of the molecule is Cc1sc2ncnc(Oc3ccc([N+](=O)[O-])cc3Cl)c2c1C. The average Bonchev–Trinajstić information content (AvgIpc) is 2.77. The van der Waals surface area contributed by atoms with Gasteiger partial charge in [-0.3, -0.25) is 10.1 Å². The lowest BCUT2D eigenvalue weighted by molar-refractivity contribution is -0.384. The van der Waals surface area contributed by atoms with Gasteiger partial charge in [0.1, 0.15) is 16.9 Å². The van der Waals surface area contributed by atoms with E-state index in [1.54, 1.807) is 11.3 Å². The van der Waals surface area contributed by atoms with Gasteiger partial charge in [0.05, 0.1) is 15.3 Å². The number of hydrogen-bond acceptors (Lipinski definition) is 6. The minimum absolute atomic E-state index is 0.0901. The Morgan fingerprint density at radius 2 is 2.09 bits per heavy atom. The van der Waals surface area contributed by atoms with Crippen LogP contribution in [0.15, 0.2) is 24.5 Å². The summed E-state index contributed by atoms with van der Waals surface area (Å²) in [5, 5.41) is 11.7. The van der Waals surface area contributed by atoms with Gasteiger partial charge in [-0.2, -0.15) is 0 Å². The third kappa shape index (κ3) is 2.49. The van der Waals surface area contributed by atoms with E-state index < -0.39 is 4.92 Å². The number of halogens is 1. The van der Waals surface area contributed by atoms with Gasteiger partial charge in [-0.15, -0.1) is 11.3 Å². The van der Waals surface area contributed by atoms with Gasteiger partial charge in [-0.25, -0.2) is 9.97 Å². The van der Waals surface area contributed by atoms with Gasteiger partial charge in [0, 0.05) is 17.0 Å². The Labute approximate surface area is 134 Å². The standard InChI is InChI=1S/C14H10ClN3O3S/c1-7-8(2)22-14-12(7)13(16-6-17-14)21-11-4-3-9(18(19)20)5-10(11)15/h3-6H,1-2H3. The Morgan fingerprint density at radius 1 is 1.32 bits per heavy atom. The van der Waals surface area contributed by atoms with Crippen LogP contribution in [0.2, 0.25) is 5.02 Å². The molecule has 2 heterocycles. The topological polar surface area (TPSA) is 78.2 Å². The summed E-state index contributed by atoms with van der Waals surface area (Å²) in [4.78, 5) is 20.6. The molecule has 0 spiro atoms. The first-order valence-corrected chi connectivity index (χ1v) is 7.49. The predicted molar refractivity (Wildman–Crippen MR) is 85.1 cm³/mol. The number of hydrogen-bond donors (Lipinski definition) is 0. The van der Waals surface area contributed by atoms with Gasteiger partial charge in [0.15, 0.2) is 0 Å². The predicted octanol–water partition coefficient (Wildman–Crippen LogP) is 4.66. The van der Waals surface area contributed by atoms with Gasteiger partial charge in [0.25, 0.3) is 5.69 Å². The number of thiophene rings is 1. The van der Waals surface area contributed by atoms with E-state index in [0.29, 0.717) is 11.6 Å². The van der Waals surface area contributed by atoms with Crippen LogP contribution in [0.25, 0.3) is 10.2 Å². The second-order valence-corrected chi connectivity index (χ2v) is 6.23. The number of nitrogens with zero attached hydrogens (tertiary/aromatic N) is 3. The maximum atomic E-state index is 10.7. The van der Waals surface area contributed by atoms with E-state index in [1.807, 2.05) is 13.8 Å². The van der Waals surface area contributed by atoms with Crippen LogP contribution in [0.4, 0.5) is 5.69 Å². The van der Waals surface area contributed by atoms with E-state index in [2.05, 4.69) is 9.97 Å². The summed E-state index contributed by atoms with van der Waals surface area (Å²) in [7, 11) is 0. The molecule has 6 nitrogen and oxygen atoms in total. The lowest BCUT2D eigenvalue weighted by Gasteiger charge is -2.07. The summed E-state index contributed by atoms with van der Waals surface area (Å²) >= 11 is 7.61. The average molecular weight is 336 g/mol. The first-order chi connectivity index (χ1) is 10.5. The molecule has 0 saturated heterocycles. The lowest BCUT2D eigenvalue weighted by Crippen LogP contribution is -1.93. The first-order valence-electron chi connectivity index (χ1n) is 6.30. The van der Waals surface area contributed by atoms with E-state index in [0.717, 1.165) is 20.7 Å². The van der Waals surface area contributed by atoms with Crippen LogP contribution in [0.1, 0.15) is 10.4 Å². The molecule has 0 amide bonds. The molecule has 0 N–H and O–H groups in total. The van der Waals surface area contributed by atoms with E-state index >= 15 is 0 Å². The molecule has 0 aliphatic rings. The molecule has 1 aromatic carbocycles. The normalized spacial score (nSPS) is 10.9. The summed E-state index contributed by atoms with van der Waals surface area (Å²) in [6.07, 6.45) is 1.42. The van der Waals surface area contributed by atoms with Crippen molar-refractivity contribution in [2.24, 2.45) is 0 Å². The van der Waals surface area contributed by atoms with Crippen molar-refractivity contribution >= 4 is 38.8 Å². The number of non-ortho nitro benzene ring substituents is 1. The molecule has 3 aromatic rings. The maximum Gasteiger partial charge on any atom is 0.271 e. The number of aryl methyl sites for hydroxylation is 2. The largest absolute Gasteiger partial charge is 0.437 e. The van der Waals surface area contributed by atoms with Crippen LogP contribution in [0, 0.1) is 24.0 Å². The van der Waals surface area contributed by atoms with Gasteiger partial charge in [-0.05, 0) is 25.5 Å². The molecular formula is C14H10ClN3O3S. The fourth-order valence-corrected chi connectivity index (χ4v) is 3.22. The lowest BCUT2D eigenvalue weighted by atomic mass is 10.2. The number of benzene rings is 1. The number of rotatable bonds is 3. The highest BCUT2D eigenvalue weighted by atomic mass is 35.5. The van der Waals surface area contributed by atoms with E-state index in [-0.39, 0.29) is 10.7 Å². The van der Waals surface area contributed by atoms with Gasteiger partial charge >= 0.3 is 0 Å². The molecule has 0 radical (unpaired) electrons. The minimum Gasteiger partial charge on any atom is -0.437 e. The van der Waals surface area contributed by atoms with Crippen molar-refractivity contribution < 1.29 is 9.66 Å². The van der Waals surface area contributed by atoms with E-state index in [4.69, 9.17) is 16.3 Å². The van der Waals surface area contributed by atoms with Crippen molar-refractivity contribution in [3.63, 3.8) is 0 Å². The summed E-state index contributed by atoms with van der Waals surface area (Å²) in [5.41, 5.74) is 0.960. The van der Waals surface area contributed by atoms with Crippen LogP contribution in [-0.4, -0.2) is 14.9 Å². The van der Waals surface area contributed by atoms with Crippen molar-refractivity contribution in [1.29, 1.82) is 0 Å². The fourth-order valence-electron chi connectivity index (χ4n) is 2.02. The number of aromatic nitrogens is 2. The second-order valence-electron chi connectivity index (χ2n) is 4.62. The molecule has 0 aliphatic heterocycles. The van der Waals surface area contributed by atoms with Gasteiger partial charge in [-0.1, -0.05) is 11.6 Å². The zero-order valence-corrected chi connectivity index (χ0v) is 13.2. The smallest absolute Gasteiger partial charge is 0.271 e. The molecule has 8 heteroatoms. The highest BCUT2D eigenvalue weighted by Gasteiger charge is 2.16.